The molecule has 20 heavy (non-hydrogen) atoms. The first kappa shape index (κ1) is 14.3. The van der Waals surface area contributed by atoms with E-state index in [4.69, 9.17) is 9.68 Å². The van der Waals surface area contributed by atoms with Crippen LogP contribution in [0.3, 0.4) is 0 Å². The predicted molar refractivity (Wildman–Crippen MR) is 73.2 cm³/mol. The van der Waals surface area contributed by atoms with Gasteiger partial charge in [0.25, 0.3) is 0 Å². The van der Waals surface area contributed by atoms with Crippen molar-refractivity contribution in [1.29, 1.82) is 5.26 Å². The van der Waals surface area contributed by atoms with E-state index >= 15 is 0 Å². The summed E-state index contributed by atoms with van der Waals surface area (Å²) in [4.78, 5) is 0.164. The fourth-order valence-electron chi connectivity index (χ4n) is 1.77. The van der Waals surface area contributed by atoms with Crippen molar-refractivity contribution in [3.05, 3.63) is 54.0 Å². The van der Waals surface area contributed by atoms with Gasteiger partial charge in [0.1, 0.15) is 5.76 Å². The van der Waals surface area contributed by atoms with Crippen LogP contribution < -0.4 is 4.72 Å². The lowest BCUT2D eigenvalue weighted by atomic mass is 10.2. The number of benzene rings is 1. The predicted octanol–water partition coefficient (Wildman–Crippen LogP) is 2.39. The fourth-order valence-corrected chi connectivity index (χ4v) is 2.99. The molecule has 0 aliphatic carbocycles. The normalized spacial score (nSPS) is 12.8. The molecule has 0 spiro atoms. The second-order valence-corrected chi connectivity index (χ2v) is 6.05. The standard InChI is InChI=1S/C14H14N2O3S/c1-11(14-3-2-10-19-14)16-20(17,18)13-6-4-12(5-7-13)8-9-15/h2-7,10-11,16H,8H2,1H3. The zero-order valence-electron chi connectivity index (χ0n) is 10.9. The highest BCUT2D eigenvalue weighted by Crippen LogP contribution is 2.17. The SMILES string of the molecule is CC(NS(=O)(=O)c1ccc(CC#N)cc1)c1ccco1. The number of hydrogen-bond acceptors (Lipinski definition) is 4. The Balaban J connectivity index is 2.16. The molecule has 6 heteroatoms. The molecule has 0 aliphatic rings. The van der Waals surface area contributed by atoms with E-state index in [-0.39, 0.29) is 11.3 Å². The molecule has 1 aromatic carbocycles. The van der Waals surface area contributed by atoms with Gasteiger partial charge in [0.15, 0.2) is 0 Å². The van der Waals surface area contributed by atoms with Crippen LogP contribution in [-0.4, -0.2) is 8.42 Å². The summed E-state index contributed by atoms with van der Waals surface area (Å²) in [6, 6.07) is 11.2. The van der Waals surface area contributed by atoms with E-state index in [1.165, 1.54) is 18.4 Å². The highest BCUT2D eigenvalue weighted by molar-refractivity contribution is 7.89. The second-order valence-electron chi connectivity index (χ2n) is 4.34. The zero-order chi connectivity index (χ0) is 14.6. The molecular formula is C14H14N2O3S. The Labute approximate surface area is 117 Å². The van der Waals surface area contributed by atoms with Crippen molar-refractivity contribution in [1.82, 2.24) is 4.72 Å². The van der Waals surface area contributed by atoms with Gasteiger partial charge in [-0.25, -0.2) is 13.1 Å². The monoisotopic (exact) mass is 290 g/mol. The Morgan fingerprint density at radius 2 is 2.00 bits per heavy atom. The lowest BCUT2D eigenvalue weighted by Crippen LogP contribution is -2.26. The maximum Gasteiger partial charge on any atom is 0.241 e. The van der Waals surface area contributed by atoms with E-state index in [0.29, 0.717) is 5.76 Å². The first-order valence-corrected chi connectivity index (χ1v) is 7.53. The molecule has 0 radical (unpaired) electrons. The summed E-state index contributed by atoms with van der Waals surface area (Å²) in [6.07, 6.45) is 1.76. The van der Waals surface area contributed by atoms with E-state index in [2.05, 4.69) is 4.72 Å². The van der Waals surface area contributed by atoms with Crippen molar-refractivity contribution < 1.29 is 12.8 Å². The van der Waals surface area contributed by atoms with Gasteiger partial charge >= 0.3 is 0 Å². The number of nitrogens with one attached hydrogen (secondary N) is 1. The molecule has 104 valence electrons. The van der Waals surface area contributed by atoms with Gasteiger partial charge in [0, 0.05) is 0 Å². The van der Waals surface area contributed by atoms with E-state index in [1.54, 1.807) is 31.2 Å². The molecule has 2 aromatic rings. The van der Waals surface area contributed by atoms with Gasteiger partial charge in [-0.15, -0.1) is 0 Å². The minimum atomic E-state index is -3.61. The van der Waals surface area contributed by atoms with Crippen LogP contribution in [0, 0.1) is 11.3 Å². The third kappa shape index (κ3) is 3.26. The van der Waals surface area contributed by atoms with Crippen LogP contribution in [0.2, 0.25) is 0 Å². The molecule has 1 unspecified atom stereocenters. The summed E-state index contributed by atoms with van der Waals surface area (Å²) in [5.74, 6) is 0.551. The molecule has 1 aromatic heterocycles. The van der Waals surface area contributed by atoms with E-state index in [1.807, 2.05) is 6.07 Å². The van der Waals surface area contributed by atoms with Gasteiger partial charge in [-0.05, 0) is 36.8 Å². The molecule has 1 heterocycles. The largest absolute Gasteiger partial charge is 0.468 e. The quantitative estimate of drug-likeness (QED) is 0.916. The Bertz CT molecular complexity index is 698. The highest BCUT2D eigenvalue weighted by atomic mass is 32.2. The number of furan rings is 1. The Morgan fingerprint density at radius 3 is 2.55 bits per heavy atom. The molecule has 0 saturated carbocycles. The van der Waals surface area contributed by atoms with Crippen LogP contribution in [0.15, 0.2) is 52.0 Å². The molecule has 2 rings (SSSR count). The van der Waals surface area contributed by atoms with Gasteiger partial charge in [-0.2, -0.15) is 5.26 Å². The molecule has 0 bridgehead atoms. The second kappa shape index (κ2) is 5.90. The molecule has 0 amide bonds. The van der Waals surface area contributed by atoms with Crippen LogP contribution in [-0.2, 0) is 16.4 Å². The van der Waals surface area contributed by atoms with Crippen LogP contribution in [0.25, 0.3) is 0 Å². The summed E-state index contributed by atoms with van der Waals surface area (Å²) in [5, 5.41) is 8.58. The summed E-state index contributed by atoms with van der Waals surface area (Å²) in [5.41, 5.74) is 0.783. The summed E-state index contributed by atoms with van der Waals surface area (Å²) >= 11 is 0. The van der Waals surface area contributed by atoms with E-state index in [0.717, 1.165) is 5.56 Å². The number of sulfonamides is 1. The Hall–Kier alpha value is -2.10. The molecule has 0 fully saturated rings. The lowest BCUT2D eigenvalue weighted by Gasteiger charge is -2.12. The topological polar surface area (TPSA) is 83.1 Å². The smallest absolute Gasteiger partial charge is 0.241 e. The van der Waals surface area contributed by atoms with Crippen molar-refractivity contribution in [3.63, 3.8) is 0 Å². The third-order valence-corrected chi connectivity index (χ3v) is 4.38. The van der Waals surface area contributed by atoms with Gasteiger partial charge < -0.3 is 4.42 Å². The van der Waals surface area contributed by atoms with Crippen molar-refractivity contribution in [2.24, 2.45) is 0 Å². The van der Waals surface area contributed by atoms with Gasteiger partial charge in [0.2, 0.25) is 10.0 Å². The maximum atomic E-state index is 12.2. The molecule has 5 nitrogen and oxygen atoms in total. The fraction of sp³-hybridized carbons (Fsp3) is 0.214. The minimum absolute atomic E-state index is 0.164. The number of rotatable bonds is 5. The third-order valence-electron chi connectivity index (χ3n) is 2.82. The van der Waals surface area contributed by atoms with E-state index < -0.39 is 16.1 Å². The zero-order valence-corrected chi connectivity index (χ0v) is 11.7. The Kier molecular flexibility index (Phi) is 4.23. The molecule has 1 N–H and O–H groups in total. The van der Waals surface area contributed by atoms with Crippen molar-refractivity contribution >= 4 is 10.0 Å². The van der Waals surface area contributed by atoms with Crippen LogP contribution in [0.4, 0.5) is 0 Å². The summed E-state index contributed by atoms with van der Waals surface area (Å²) < 4.78 is 32.1. The van der Waals surface area contributed by atoms with Crippen LogP contribution >= 0.6 is 0 Å². The number of hydrogen-bond donors (Lipinski definition) is 1. The highest BCUT2D eigenvalue weighted by Gasteiger charge is 2.19. The number of nitriles is 1. The molecule has 1 atom stereocenters. The summed E-state index contributed by atoms with van der Waals surface area (Å²) in [6.45, 7) is 1.71. The first-order chi connectivity index (χ1) is 9.53. The van der Waals surface area contributed by atoms with Crippen molar-refractivity contribution in [2.45, 2.75) is 24.3 Å². The maximum absolute atomic E-state index is 12.2. The average molecular weight is 290 g/mol. The number of nitrogens with zero attached hydrogens (tertiary/aromatic N) is 1. The minimum Gasteiger partial charge on any atom is -0.468 e. The van der Waals surface area contributed by atoms with Crippen LogP contribution in [0.5, 0.6) is 0 Å². The average Bonchev–Trinajstić information content (AvgIpc) is 2.93. The van der Waals surface area contributed by atoms with E-state index in [9.17, 15) is 8.42 Å². The van der Waals surface area contributed by atoms with Crippen LogP contribution in [0.1, 0.15) is 24.3 Å². The first-order valence-electron chi connectivity index (χ1n) is 6.04. The van der Waals surface area contributed by atoms with Gasteiger partial charge in [-0.3, -0.25) is 0 Å². The van der Waals surface area contributed by atoms with Gasteiger partial charge in [-0.1, -0.05) is 12.1 Å². The molecule has 0 aliphatic heterocycles. The van der Waals surface area contributed by atoms with Crippen molar-refractivity contribution in [2.75, 3.05) is 0 Å². The Morgan fingerprint density at radius 1 is 1.30 bits per heavy atom. The van der Waals surface area contributed by atoms with Crippen molar-refractivity contribution in [3.8, 4) is 6.07 Å². The molecule has 0 saturated heterocycles. The summed E-state index contributed by atoms with van der Waals surface area (Å²) in [7, 11) is -3.61. The van der Waals surface area contributed by atoms with Gasteiger partial charge in [0.05, 0.1) is 29.7 Å². The molecular weight excluding hydrogens is 276 g/mol. The lowest BCUT2D eigenvalue weighted by molar-refractivity contribution is 0.459.